The third-order valence-corrected chi connectivity index (χ3v) is 3.12. The highest BCUT2D eigenvalue weighted by atomic mass is 16.6. The maximum Gasteiger partial charge on any atom is 0.412 e. The summed E-state index contributed by atoms with van der Waals surface area (Å²) in [4.78, 5) is 24.8. The second-order valence-electron chi connectivity index (χ2n) is 6.92. The van der Waals surface area contributed by atoms with Gasteiger partial charge in [0.15, 0.2) is 0 Å². The smallest absolute Gasteiger partial charge is 0.412 e. The van der Waals surface area contributed by atoms with Gasteiger partial charge in [-0.3, -0.25) is 4.90 Å². The highest BCUT2D eigenvalue weighted by molar-refractivity contribution is 5.71. The van der Waals surface area contributed by atoms with Gasteiger partial charge in [0, 0.05) is 6.42 Å². The molecule has 0 aromatic heterocycles. The van der Waals surface area contributed by atoms with E-state index in [1.165, 1.54) is 4.90 Å². The summed E-state index contributed by atoms with van der Waals surface area (Å²) in [7, 11) is 0. The monoisotopic (exact) mass is 271 g/mol. The maximum atomic E-state index is 12.4. The molecular weight excluding hydrogens is 246 g/mol. The Bertz CT molecular complexity index is 368. The van der Waals surface area contributed by atoms with Gasteiger partial charge in [0.1, 0.15) is 17.6 Å². The van der Waals surface area contributed by atoms with Crippen LogP contribution in [0.1, 0.15) is 54.9 Å². The molecule has 1 fully saturated rings. The molecule has 0 N–H and O–H groups in total. The fourth-order valence-electron chi connectivity index (χ4n) is 2.59. The van der Waals surface area contributed by atoms with Gasteiger partial charge < -0.3 is 14.3 Å². The van der Waals surface area contributed by atoms with Gasteiger partial charge in [0.05, 0.1) is 11.6 Å². The zero-order valence-electron chi connectivity index (χ0n) is 12.9. The first-order chi connectivity index (χ1) is 8.41. The lowest BCUT2D eigenvalue weighted by Crippen LogP contribution is -2.51. The van der Waals surface area contributed by atoms with Crippen LogP contribution in [-0.4, -0.2) is 40.2 Å². The first kappa shape index (κ1) is 16.0. The third-order valence-electron chi connectivity index (χ3n) is 3.12. The minimum atomic E-state index is -0.792. The van der Waals surface area contributed by atoms with E-state index in [0.29, 0.717) is 0 Å². The Kier molecular flexibility index (Phi) is 4.01. The van der Waals surface area contributed by atoms with Crippen LogP contribution in [0.15, 0.2) is 0 Å². The van der Waals surface area contributed by atoms with Gasteiger partial charge in [-0.1, -0.05) is 0 Å². The number of rotatable bonds is 2. The Labute approximate surface area is 115 Å². The van der Waals surface area contributed by atoms with E-state index < -0.39 is 23.0 Å². The first-order valence-corrected chi connectivity index (χ1v) is 6.57. The average molecular weight is 271 g/mol. The van der Waals surface area contributed by atoms with Crippen LogP contribution in [0.25, 0.3) is 0 Å². The lowest BCUT2D eigenvalue weighted by molar-refractivity contribution is -0.109. The quantitative estimate of drug-likeness (QED) is 0.725. The Morgan fingerprint density at radius 2 is 1.84 bits per heavy atom. The molecule has 1 aliphatic rings. The van der Waals surface area contributed by atoms with E-state index in [0.717, 1.165) is 6.29 Å². The number of nitrogens with zero attached hydrogens (tertiary/aromatic N) is 1. The van der Waals surface area contributed by atoms with E-state index in [1.807, 2.05) is 48.5 Å². The van der Waals surface area contributed by atoms with E-state index >= 15 is 0 Å². The van der Waals surface area contributed by atoms with Crippen LogP contribution < -0.4 is 0 Å². The first-order valence-electron chi connectivity index (χ1n) is 6.57. The zero-order valence-corrected chi connectivity index (χ0v) is 12.9. The summed E-state index contributed by atoms with van der Waals surface area (Å²) in [5.74, 6) is 0. The average Bonchev–Trinajstić information content (AvgIpc) is 2.28. The van der Waals surface area contributed by atoms with Gasteiger partial charge >= 0.3 is 6.09 Å². The SMILES string of the molecule is CC(C)(C)OC(=O)N1[C@@H](CC=O)C(C)(C)OC1(C)C. The number of hydrogen-bond acceptors (Lipinski definition) is 4. The molecule has 1 rings (SSSR count). The molecule has 0 radical (unpaired) electrons. The van der Waals surface area contributed by atoms with Crippen LogP contribution in [-0.2, 0) is 14.3 Å². The zero-order chi connectivity index (χ0) is 15.1. The third kappa shape index (κ3) is 3.47. The van der Waals surface area contributed by atoms with E-state index in [1.54, 1.807) is 0 Å². The Morgan fingerprint density at radius 3 is 2.26 bits per heavy atom. The van der Waals surface area contributed by atoms with E-state index in [4.69, 9.17) is 9.47 Å². The molecule has 110 valence electrons. The molecule has 1 amide bonds. The van der Waals surface area contributed by atoms with Gasteiger partial charge in [-0.15, -0.1) is 0 Å². The molecule has 0 aliphatic carbocycles. The van der Waals surface area contributed by atoms with Gasteiger partial charge in [0.25, 0.3) is 0 Å². The number of ether oxygens (including phenoxy) is 2. The molecule has 19 heavy (non-hydrogen) atoms. The van der Waals surface area contributed by atoms with Crippen LogP contribution in [0.3, 0.4) is 0 Å². The second kappa shape index (κ2) is 4.78. The number of hydrogen-bond donors (Lipinski definition) is 0. The van der Waals surface area contributed by atoms with Gasteiger partial charge in [-0.2, -0.15) is 0 Å². The molecule has 5 nitrogen and oxygen atoms in total. The summed E-state index contributed by atoms with van der Waals surface area (Å²) in [6.45, 7) is 12.8. The standard InChI is InChI=1S/C14H25NO4/c1-12(2,3)18-11(17)15-10(8-9-16)13(4,5)19-14(15,6)7/h9-10H,8H2,1-7H3/t10-/m0/s1. The number of amides is 1. The van der Waals surface area contributed by atoms with Crippen molar-refractivity contribution in [1.82, 2.24) is 4.90 Å². The van der Waals surface area contributed by atoms with E-state index in [9.17, 15) is 9.59 Å². The van der Waals surface area contributed by atoms with Gasteiger partial charge in [-0.25, -0.2) is 4.79 Å². The lowest BCUT2D eigenvalue weighted by Gasteiger charge is -2.35. The van der Waals surface area contributed by atoms with Crippen LogP contribution in [0.5, 0.6) is 0 Å². The number of aldehydes is 1. The largest absolute Gasteiger partial charge is 0.444 e. The van der Waals surface area contributed by atoms with Crippen molar-refractivity contribution in [2.24, 2.45) is 0 Å². The number of carbonyl (C=O) groups excluding carboxylic acids is 2. The number of carbonyl (C=O) groups is 2. The fourth-order valence-corrected chi connectivity index (χ4v) is 2.59. The van der Waals surface area contributed by atoms with Gasteiger partial charge in [0.2, 0.25) is 0 Å². The molecule has 1 atom stereocenters. The Morgan fingerprint density at radius 1 is 1.32 bits per heavy atom. The Balaban J connectivity index is 3.06. The molecule has 1 aliphatic heterocycles. The topological polar surface area (TPSA) is 55.8 Å². The summed E-state index contributed by atoms with van der Waals surface area (Å²) >= 11 is 0. The van der Waals surface area contributed by atoms with Crippen molar-refractivity contribution < 1.29 is 19.1 Å². The van der Waals surface area contributed by atoms with Crippen molar-refractivity contribution in [3.05, 3.63) is 0 Å². The highest BCUT2D eigenvalue weighted by Gasteiger charge is 2.55. The minimum absolute atomic E-state index is 0.232. The van der Waals surface area contributed by atoms with Crippen molar-refractivity contribution in [3.8, 4) is 0 Å². The Hall–Kier alpha value is -1.10. The molecule has 0 saturated carbocycles. The maximum absolute atomic E-state index is 12.4. The van der Waals surface area contributed by atoms with Crippen molar-refractivity contribution in [1.29, 1.82) is 0 Å². The summed E-state index contributed by atoms with van der Waals surface area (Å²) in [6.07, 6.45) is 0.597. The summed E-state index contributed by atoms with van der Waals surface area (Å²) in [5, 5.41) is 0. The van der Waals surface area contributed by atoms with Crippen molar-refractivity contribution in [2.75, 3.05) is 0 Å². The summed E-state index contributed by atoms with van der Waals surface area (Å²) in [6, 6.07) is -0.324. The molecule has 1 saturated heterocycles. The summed E-state index contributed by atoms with van der Waals surface area (Å²) < 4.78 is 11.3. The second-order valence-corrected chi connectivity index (χ2v) is 6.92. The molecular formula is C14H25NO4. The molecule has 5 heteroatoms. The van der Waals surface area contributed by atoms with Crippen LogP contribution in [0.2, 0.25) is 0 Å². The van der Waals surface area contributed by atoms with E-state index in [-0.39, 0.29) is 12.5 Å². The molecule has 1 heterocycles. The van der Waals surface area contributed by atoms with Crippen LogP contribution in [0, 0.1) is 0 Å². The molecule has 0 spiro atoms. The lowest BCUT2D eigenvalue weighted by atomic mass is 9.96. The molecule has 0 unspecified atom stereocenters. The van der Waals surface area contributed by atoms with Crippen molar-refractivity contribution >= 4 is 12.4 Å². The van der Waals surface area contributed by atoms with Crippen LogP contribution >= 0.6 is 0 Å². The predicted octanol–water partition coefficient (Wildman–Crippen LogP) is 2.73. The molecule has 0 aromatic rings. The van der Waals surface area contributed by atoms with Crippen molar-refractivity contribution in [3.63, 3.8) is 0 Å². The normalized spacial score (nSPS) is 25.2. The minimum Gasteiger partial charge on any atom is -0.444 e. The van der Waals surface area contributed by atoms with E-state index in [2.05, 4.69) is 0 Å². The highest BCUT2D eigenvalue weighted by Crippen LogP contribution is 2.40. The van der Waals surface area contributed by atoms with Crippen molar-refractivity contribution in [2.45, 2.75) is 77.9 Å². The fraction of sp³-hybridized carbons (Fsp3) is 0.857. The van der Waals surface area contributed by atoms with Crippen LogP contribution in [0.4, 0.5) is 4.79 Å². The molecule has 0 aromatic carbocycles. The predicted molar refractivity (Wildman–Crippen MR) is 71.8 cm³/mol. The summed E-state index contributed by atoms with van der Waals surface area (Å²) in [5.41, 5.74) is -1.95. The molecule has 0 bridgehead atoms. The van der Waals surface area contributed by atoms with Gasteiger partial charge in [-0.05, 0) is 48.5 Å².